The summed E-state index contributed by atoms with van der Waals surface area (Å²) in [6.07, 6.45) is 3.44. The van der Waals surface area contributed by atoms with Crippen molar-refractivity contribution >= 4 is 5.95 Å². The second-order valence-electron chi connectivity index (χ2n) is 6.16. The van der Waals surface area contributed by atoms with E-state index in [4.69, 9.17) is 13.9 Å². The summed E-state index contributed by atoms with van der Waals surface area (Å²) in [5, 5.41) is 3.97. The van der Waals surface area contributed by atoms with E-state index in [1.807, 2.05) is 25.1 Å². The number of hydrogen-bond donors (Lipinski definition) is 0. The number of hydrogen-bond acceptors (Lipinski definition) is 7. The molecule has 0 aromatic carbocycles. The maximum Gasteiger partial charge on any atom is 0.226 e. The molecule has 0 spiro atoms. The van der Waals surface area contributed by atoms with Crippen LogP contribution in [0.4, 0.5) is 5.95 Å². The zero-order chi connectivity index (χ0) is 17.2. The van der Waals surface area contributed by atoms with Crippen molar-refractivity contribution in [1.29, 1.82) is 0 Å². The minimum Gasteiger partial charge on any atom is -0.463 e. The van der Waals surface area contributed by atoms with Gasteiger partial charge >= 0.3 is 0 Å². The number of likely N-dealkylation sites (N-methyl/N-ethyl adjacent to an activating group) is 1. The van der Waals surface area contributed by atoms with Crippen LogP contribution in [0.25, 0.3) is 22.8 Å². The number of nitrogens with zero attached hydrogens (tertiary/aromatic N) is 5. The molecule has 0 amide bonds. The first-order valence-corrected chi connectivity index (χ1v) is 8.56. The minimum absolute atomic E-state index is 0.645. The van der Waals surface area contributed by atoms with E-state index in [9.17, 15) is 0 Å². The lowest BCUT2D eigenvalue weighted by Gasteiger charge is -2.34. The molecule has 7 nitrogen and oxygen atoms in total. The lowest BCUT2D eigenvalue weighted by Crippen LogP contribution is -2.46. The maximum absolute atomic E-state index is 5.59. The summed E-state index contributed by atoms with van der Waals surface area (Å²) in [6.45, 7) is 9.06. The summed E-state index contributed by atoms with van der Waals surface area (Å²) < 4.78 is 11.0. The summed E-state index contributed by atoms with van der Waals surface area (Å²) >= 11 is 0. The van der Waals surface area contributed by atoms with Gasteiger partial charge in [-0.05, 0) is 25.6 Å². The van der Waals surface area contributed by atoms with E-state index in [-0.39, 0.29) is 0 Å². The molecule has 0 atom stereocenters. The van der Waals surface area contributed by atoms with E-state index in [0.717, 1.165) is 55.6 Å². The molecule has 0 unspecified atom stereocenters. The van der Waals surface area contributed by atoms with Crippen molar-refractivity contribution < 1.29 is 8.94 Å². The van der Waals surface area contributed by atoms with Gasteiger partial charge in [-0.3, -0.25) is 0 Å². The van der Waals surface area contributed by atoms with Gasteiger partial charge in [0.1, 0.15) is 5.69 Å². The van der Waals surface area contributed by atoms with Crippen LogP contribution in [-0.4, -0.2) is 52.7 Å². The number of aryl methyl sites for hydroxylation is 1. The summed E-state index contributed by atoms with van der Waals surface area (Å²) in [4.78, 5) is 14.0. The quantitative estimate of drug-likeness (QED) is 0.724. The van der Waals surface area contributed by atoms with Crippen LogP contribution in [0.1, 0.15) is 12.6 Å². The minimum atomic E-state index is 0.645. The van der Waals surface area contributed by atoms with Crippen LogP contribution in [0.2, 0.25) is 0 Å². The van der Waals surface area contributed by atoms with Crippen LogP contribution in [0.3, 0.4) is 0 Å². The van der Waals surface area contributed by atoms with E-state index < -0.39 is 0 Å². The largest absolute Gasteiger partial charge is 0.463 e. The maximum atomic E-state index is 5.59. The van der Waals surface area contributed by atoms with Crippen LogP contribution >= 0.6 is 0 Å². The molecule has 7 heteroatoms. The molecule has 130 valence electrons. The van der Waals surface area contributed by atoms with Crippen molar-refractivity contribution in [3.05, 3.63) is 36.4 Å². The molecule has 4 rings (SSSR count). The molecule has 1 fully saturated rings. The highest BCUT2D eigenvalue weighted by molar-refractivity contribution is 5.75. The molecule has 4 heterocycles. The van der Waals surface area contributed by atoms with E-state index >= 15 is 0 Å². The van der Waals surface area contributed by atoms with Gasteiger partial charge in [-0.15, -0.1) is 0 Å². The van der Waals surface area contributed by atoms with E-state index in [1.54, 1.807) is 12.5 Å². The second-order valence-corrected chi connectivity index (χ2v) is 6.16. The number of anilines is 1. The first-order valence-electron chi connectivity index (χ1n) is 8.56. The Balaban J connectivity index is 1.70. The molecule has 0 radical (unpaired) electrons. The Morgan fingerprint density at radius 3 is 2.64 bits per heavy atom. The first-order chi connectivity index (χ1) is 12.2. The molecule has 1 aliphatic heterocycles. The summed E-state index contributed by atoms with van der Waals surface area (Å²) in [5.41, 5.74) is 2.33. The number of piperazine rings is 1. The van der Waals surface area contributed by atoms with Gasteiger partial charge < -0.3 is 18.7 Å². The van der Waals surface area contributed by atoms with Gasteiger partial charge in [0.05, 0.1) is 17.5 Å². The van der Waals surface area contributed by atoms with Gasteiger partial charge in [-0.25, -0.2) is 9.97 Å². The Kier molecular flexibility index (Phi) is 4.23. The van der Waals surface area contributed by atoms with Crippen LogP contribution < -0.4 is 4.90 Å². The van der Waals surface area contributed by atoms with Crippen LogP contribution in [0, 0.1) is 6.92 Å². The number of rotatable bonds is 4. The fraction of sp³-hybridized carbons (Fsp3) is 0.389. The lowest BCUT2D eigenvalue weighted by atomic mass is 10.1. The highest BCUT2D eigenvalue weighted by atomic mass is 16.5. The van der Waals surface area contributed by atoms with Crippen molar-refractivity contribution in [3.63, 3.8) is 0 Å². The van der Waals surface area contributed by atoms with Gasteiger partial charge in [-0.1, -0.05) is 12.1 Å². The third-order valence-electron chi connectivity index (χ3n) is 4.53. The molecule has 25 heavy (non-hydrogen) atoms. The number of aromatic nitrogens is 3. The van der Waals surface area contributed by atoms with Crippen LogP contribution in [0.5, 0.6) is 0 Å². The zero-order valence-corrected chi connectivity index (χ0v) is 14.5. The van der Waals surface area contributed by atoms with Gasteiger partial charge in [-0.2, -0.15) is 0 Å². The molecular weight excluding hydrogens is 318 g/mol. The molecule has 1 aliphatic rings. The molecule has 0 saturated carbocycles. The molecule has 0 N–H and O–H groups in total. The van der Waals surface area contributed by atoms with Gasteiger partial charge in [0.15, 0.2) is 11.5 Å². The average Bonchev–Trinajstić information content (AvgIpc) is 3.33. The molecule has 0 bridgehead atoms. The average molecular weight is 339 g/mol. The Morgan fingerprint density at radius 2 is 2.00 bits per heavy atom. The fourth-order valence-corrected chi connectivity index (χ4v) is 3.06. The van der Waals surface area contributed by atoms with Crippen molar-refractivity contribution in [2.24, 2.45) is 0 Å². The van der Waals surface area contributed by atoms with E-state index in [0.29, 0.717) is 11.5 Å². The van der Waals surface area contributed by atoms with Crippen molar-refractivity contribution in [2.75, 3.05) is 37.6 Å². The Morgan fingerprint density at radius 1 is 1.16 bits per heavy atom. The molecule has 3 aromatic rings. The molecule has 0 aliphatic carbocycles. The normalized spacial score (nSPS) is 15.7. The fourth-order valence-electron chi connectivity index (χ4n) is 3.06. The third kappa shape index (κ3) is 3.15. The topological polar surface area (TPSA) is 71.4 Å². The van der Waals surface area contributed by atoms with Gasteiger partial charge in [0, 0.05) is 38.4 Å². The Labute approximate surface area is 146 Å². The zero-order valence-electron chi connectivity index (χ0n) is 14.5. The monoisotopic (exact) mass is 339 g/mol. The SMILES string of the molecule is CCN1CCN(c2ncc(-c3cc(C)no3)c(-c3ccco3)n2)CC1. The second kappa shape index (κ2) is 6.68. The highest BCUT2D eigenvalue weighted by Gasteiger charge is 2.22. The van der Waals surface area contributed by atoms with Crippen molar-refractivity contribution in [1.82, 2.24) is 20.0 Å². The van der Waals surface area contributed by atoms with Crippen molar-refractivity contribution in [2.45, 2.75) is 13.8 Å². The van der Waals surface area contributed by atoms with Gasteiger partial charge in [0.2, 0.25) is 5.95 Å². The standard InChI is InChI=1S/C18H21N5O2/c1-3-22-6-8-23(9-7-22)18-19-12-14(16-11-13(2)21-25-16)17(20-18)15-5-4-10-24-15/h4-5,10-12H,3,6-9H2,1-2H3. The summed E-state index contributed by atoms with van der Waals surface area (Å²) in [6, 6.07) is 5.63. The van der Waals surface area contributed by atoms with E-state index in [2.05, 4.69) is 26.9 Å². The summed E-state index contributed by atoms with van der Waals surface area (Å²) in [7, 11) is 0. The molecule has 1 saturated heterocycles. The summed E-state index contributed by atoms with van der Waals surface area (Å²) in [5.74, 6) is 2.06. The van der Waals surface area contributed by atoms with Gasteiger partial charge in [0.25, 0.3) is 0 Å². The Hall–Kier alpha value is -2.67. The van der Waals surface area contributed by atoms with Crippen molar-refractivity contribution in [3.8, 4) is 22.8 Å². The first kappa shape index (κ1) is 15.8. The Bertz CT molecular complexity index is 835. The third-order valence-corrected chi connectivity index (χ3v) is 4.53. The van der Waals surface area contributed by atoms with Crippen LogP contribution in [0.15, 0.2) is 39.6 Å². The van der Waals surface area contributed by atoms with E-state index in [1.165, 1.54) is 0 Å². The van der Waals surface area contributed by atoms with Crippen LogP contribution in [-0.2, 0) is 0 Å². The predicted molar refractivity (Wildman–Crippen MR) is 94.3 cm³/mol. The molecule has 3 aromatic heterocycles. The smallest absolute Gasteiger partial charge is 0.226 e. The lowest BCUT2D eigenvalue weighted by molar-refractivity contribution is 0.270. The number of furan rings is 1. The molecular formula is C18H21N5O2. The predicted octanol–water partition coefficient (Wildman–Crippen LogP) is 2.84. The highest BCUT2D eigenvalue weighted by Crippen LogP contribution is 2.32.